The first-order valence-corrected chi connectivity index (χ1v) is 36.6. The molecule has 103 heavy (non-hydrogen) atoms. The molecule has 0 heterocycles. The largest absolute Gasteiger partial charge is 0.310 e. The van der Waals surface area contributed by atoms with E-state index in [0.29, 0.717) is 5.92 Å². The standard InChI is InChI=1S/C101H80N2/c1-7-67(2)68-31-33-71(34-32-68)72-35-47-80(48-36-72)101(79-25-15-10-16-26-79)95-61-45-77(75-41-53-83(54-42-75)102(81-49-37-73(38-50-81)69-21-11-8-12-22-69)85-57-59-89-87-27-17-19-29-93(87)99(3,4)97(89)65-85)63-91(95)92-64-78(46-62-96(92)101)76-43-55-84(56-44-76)103(82-51-39-74(40-52-82)70-23-13-9-14-24-70)86-58-60-90-88-28-18-20-30-94(88)100(5,6)98(90)66-86/h8-67H,7H2,1-6H3. The number of rotatable bonds is 15. The Hall–Kier alpha value is -12.1. The summed E-state index contributed by atoms with van der Waals surface area (Å²) in [6, 6.07) is 135. The van der Waals surface area contributed by atoms with Gasteiger partial charge in [0.1, 0.15) is 0 Å². The van der Waals surface area contributed by atoms with Crippen LogP contribution in [0.4, 0.5) is 34.1 Å². The van der Waals surface area contributed by atoms with Crippen LogP contribution in [0, 0.1) is 0 Å². The third-order valence-electron chi connectivity index (χ3n) is 23.1. The molecule has 3 aliphatic rings. The molecule has 0 amide bonds. The zero-order chi connectivity index (χ0) is 69.6. The molecule has 3 aliphatic carbocycles. The first kappa shape index (κ1) is 63.1. The van der Waals surface area contributed by atoms with E-state index in [2.05, 4.69) is 409 Å². The van der Waals surface area contributed by atoms with Gasteiger partial charge in [-0.1, -0.05) is 315 Å². The fourth-order valence-corrected chi connectivity index (χ4v) is 17.4. The molecule has 1 atom stereocenters. The molecule has 0 N–H and O–H groups in total. The highest BCUT2D eigenvalue weighted by molar-refractivity contribution is 5.94. The molecule has 1 unspecified atom stereocenters. The van der Waals surface area contributed by atoms with E-state index in [4.69, 9.17) is 0 Å². The molecule has 2 nitrogen and oxygen atoms in total. The van der Waals surface area contributed by atoms with Crippen molar-refractivity contribution in [2.24, 2.45) is 0 Å². The molecule has 0 fully saturated rings. The molecule has 0 radical (unpaired) electrons. The van der Waals surface area contributed by atoms with Gasteiger partial charge in [-0.25, -0.2) is 0 Å². The predicted octanol–water partition coefficient (Wildman–Crippen LogP) is 27.5. The minimum Gasteiger partial charge on any atom is -0.310 e. The fraction of sp³-hybridized carbons (Fsp3) is 0.109. The molecular weight excluding hydrogens is 1240 g/mol. The highest BCUT2D eigenvalue weighted by atomic mass is 15.1. The normalized spacial score (nSPS) is 14.0. The number of hydrogen-bond donors (Lipinski definition) is 0. The topological polar surface area (TPSA) is 6.48 Å². The summed E-state index contributed by atoms with van der Waals surface area (Å²) in [4.78, 5) is 4.86. The first-order valence-electron chi connectivity index (χ1n) is 36.6. The molecule has 18 rings (SSSR count). The lowest BCUT2D eigenvalue weighted by atomic mass is 9.67. The van der Waals surface area contributed by atoms with Crippen LogP contribution in [0.3, 0.4) is 0 Å². The molecule has 0 spiro atoms. The highest BCUT2D eigenvalue weighted by Crippen LogP contribution is 2.59. The second-order valence-electron chi connectivity index (χ2n) is 29.5. The van der Waals surface area contributed by atoms with Gasteiger partial charge in [0, 0.05) is 45.0 Å². The van der Waals surface area contributed by atoms with Gasteiger partial charge in [-0.05, 0) is 236 Å². The van der Waals surface area contributed by atoms with Crippen molar-refractivity contribution in [3.63, 3.8) is 0 Å². The van der Waals surface area contributed by atoms with Gasteiger partial charge < -0.3 is 9.80 Å². The molecule has 2 heteroatoms. The van der Waals surface area contributed by atoms with E-state index in [0.717, 1.165) is 62.8 Å². The van der Waals surface area contributed by atoms with Crippen LogP contribution in [-0.2, 0) is 16.2 Å². The van der Waals surface area contributed by atoms with Crippen molar-refractivity contribution in [2.75, 3.05) is 9.80 Å². The summed E-state index contributed by atoms with van der Waals surface area (Å²) < 4.78 is 0. The average Bonchev–Trinajstić information content (AvgIpc) is 1.55. The Morgan fingerprint density at radius 3 is 0.913 bits per heavy atom. The van der Waals surface area contributed by atoms with Crippen molar-refractivity contribution in [3.8, 4) is 89.0 Å². The summed E-state index contributed by atoms with van der Waals surface area (Å²) in [5.74, 6) is 0.518. The van der Waals surface area contributed by atoms with E-state index < -0.39 is 5.41 Å². The number of anilines is 6. The van der Waals surface area contributed by atoms with Crippen molar-refractivity contribution < 1.29 is 0 Å². The Bertz CT molecular complexity index is 5390. The maximum atomic E-state index is 2.48. The van der Waals surface area contributed by atoms with Crippen molar-refractivity contribution >= 4 is 34.1 Å². The van der Waals surface area contributed by atoms with Crippen LogP contribution in [0.15, 0.2) is 358 Å². The van der Waals surface area contributed by atoms with Crippen LogP contribution < -0.4 is 9.80 Å². The van der Waals surface area contributed by atoms with E-state index in [1.807, 2.05) is 0 Å². The Balaban J connectivity index is 0.755. The van der Waals surface area contributed by atoms with Crippen LogP contribution in [0.1, 0.15) is 104 Å². The zero-order valence-corrected chi connectivity index (χ0v) is 59.2. The summed E-state index contributed by atoms with van der Waals surface area (Å²) in [5, 5.41) is 0. The van der Waals surface area contributed by atoms with Crippen LogP contribution in [-0.4, -0.2) is 0 Å². The van der Waals surface area contributed by atoms with Crippen molar-refractivity contribution in [1.82, 2.24) is 0 Å². The monoisotopic (exact) mass is 1320 g/mol. The molecular formula is C101H80N2. The van der Waals surface area contributed by atoms with Gasteiger partial charge in [-0.15, -0.1) is 0 Å². The van der Waals surface area contributed by atoms with Gasteiger partial charge >= 0.3 is 0 Å². The summed E-state index contributed by atoms with van der Waals surface area (Å²) >= 11 is 0. The predicted molar refractivity (Wildman–Crippen MR) is 434 cm³/mol. The Morgan fingerprint density at radius 1 is 0.233 bits per heavy atom. The smallest absolute Gasteiger partial charge is 0.0713 e. The van der Waals surface area contributed by atoms with E-state index in [1.54, 1.807) is 0 Å². The third-order valence-corrected chi connectivity index (χ3v) is 23.1. The third kappa shape index (κ3) is 10.6. The van der Waals surface area contributed by atoms with Gasteiger partial charge in [0.25, 0.3) is 0 Å². The minimum atomic E-state index is -0.625. The lowest BCUT2D eigenvalue weighted by molar-refractivity contribution is 0.660. The molecule has 0 bridgehead atoms. The molecule has 494 valence electrons. The van der Waals surface area contributed by atoms with Gasteiger partial charge in [-0.3, -0.25) is 0 Å². The van der Waals surface area contributed by atoms with Crippen molar-refractivity contribution in [2.45, 2.75) is 70.1 Å². The number of benzene rings is 15. The minimum absolute atomic E-state index is 0.151. The maximum absolute atomic E-state index is 2.48. The van der Waals surface area contributed by atoms with Gasteiger partial charge in [0.15, 0.2) is 0 Å². The molecule has 0 saturated carbocycles. The van der Waals surface area contributed by atoms with Gasteiger partial charge in [0.05, 0.1) is 5.41 Å². The lowest BCUT2D eigenvalue weighted by Crippen LogP contribution is -2.28. The van der Waals surface area contributed by atoms with Gasteiger partial charge in [0.2, 0.25) is 0 Å². The Kier molecular flexibility index (Phi) is 15.4. The molecule has 0 aromatic heterocycles. The maximum Gasteiger partial charge on any atom is 0.0713 e. The van der Waals surface area contributed by atoms with E-state index in [-0.39, 0.29) is 10.8 Å². The summed E-state index contributed by atoms with van der Waals surface area (Å²) in [5.41, 5.74) is 37.1. The number of nitrogens with zero attached hydrogens (tertiary/aromatic N) is 2. The Morgan fingerprint density at radius 2 is 0.524 bits per heavy atom. The Labute approximate surface area is 607 Å². The summed E-state index contributed by atoms with van der Waals surface area (Å²) in [6.07, 6.45) is 1.12. The number of fused-ring (bicyclic) bond motifs is 9. The summed E-state index contributed by atoms with van der Waals surface area (Å²) in [7, 11) is 0. The summed E-state index contributed by atoms with van der Waals surface area (Å²) in [6.45, 7) is 14.1. The van der Waals surface area contributed by atoms with Crippen LogP contribution in [0.25, 0.3) is 89.0 Å². The van der Waals surface area contributed by atoms with Crippen LogP contribution >= 0.6 is 0 Å². The van der Waals surface area contributed by atoms with Crippen molar-refractivity contribution in [3.05, 3.63) is 408 Å². The van der Waals surface area contributed by atoms with Gasteiger partial charge in [-0.2, -0.15) is 0 Å². The lowest BCUT2D eigenvalue weighted by Gasteiger charge is -2.34. The average molecular weight is 1320 g/mol. The van der Waals surface area contributed by atoms with Crippen LogP contribution in [0.2, 0.25) is 0 Å². The molecule has 0 aliphatic heterocycles. The zero-order valence-electron chi connectivity index (χ0n) is 59.2. The first-order chi connectivity index (χ1) is 50.4. The quantitative estimate of drug-likeness (QED) is 0.101. The second kappa shape index (κ2) is 25.2. The van der Waals surface area contributed by atoms with E-state index in [9.17, 15) is 0 Å². The number of hydrogen-bond acceptors (Lipinski definition) is 2. The molecule has 0 saturated heterocycles. The van der Waals surface area contributed by atoms with Crippen molar-refractivity contribution in [1.29, 1.82) is 0 Å². The highest BCUT2D eigenvalue weighted by Gasteiger charge is 2.47. The fourth-order valence-electron chi connectivity index (χ4n) is 17.4. The molecule has 15 aromatic carbocycles. The molecule has 15 aromatic rings. The van der Waals surface area contributed by atoms with E-state index in [1.165, 1.54) is 117 Å². The SMILES string of the molecule is CCC(C)c1ccc(-c2ccc(C3(c4ccccc4)c4ccc(-c5ccc(N(c6ccc(-c7ccccc7)cc6)c6ccc7c(c6)C(C)(C)c6ccccc6-7)cc5)cc4-c4cc(-c5ccc(N(c6ccc(-c7ccccc7)cc6)c6ccc7c(c6)C(C)(C)c6ccccc6-7)cc5)ccc43)cc2)cc1. The van der Waals surface area contributed by atoms with Crippen LogP contribution in [0.5, 0.6) is 0 Å². The second-order valence-corrected chi connectivity index (χ2v) is 29.5. The van der Waals surface area contributed by atoms with E-state index >= 15 is 0 Å².